The van der Waals surface area contributed by atoms with E-state index < -0.39 is 0 Å². The number of para-hydroxylation sites is 1. The van der Waals surface area contributed by atoms with Gasteiger partial charge in [0, 0.05) is 5.56 Å². The van der Waals surface area contributed by atoms with E-state index >= 15 is 0 Å². The molecule has 0 amide bonds. The lowest BCUT2D eigenvalue weighted by molar-refractivity contribution is -0.131. The van der Waals surface area contributed by atoms with E-state index in [0.717, 1.165) is 11.5 Å². The van der Waals surface area contributed by atoms with Crippen molar-refractivity contribution in [2.24, 2.45) is 5.92 Å². The molecule has 14 heavy (non-hydrogen) atoms. The molecule has 2 heteroatoms. The van der Waals surface area contributed by atoms with Gasteiger partial charge in [0.25, 0.3) is 0 Å². The lowest BCUT2D eigenvalue weighted by Crippen LogP contribution is -1.99. The number of rotatable bonds is 0. The van der Waals surface area contributed by atoms with Gasteiger partial charge in [-0.1, -0.05) is 39.0 Å². The minimum Gasteiger partial charge on any atom is -0.426 e. The quantitative estimate of drug-likeness (QED) is 0.466. The second-order valence-electron chi connectivity index (χ2n) is 3.99. The molecule has 0 aromatic heterocycles. The third-order valence-electron chi connectivity index (χ3n) is 1.53. The van der Waals surface area contributed by atoms with E-state index in [4.69, 9.17) is 4.74 Å². The lowest BCUT2D eigenvalue weighted by Gasteiger charge is -1.91. The first-order valence-electron chi connectivity index (χ1n) is 4.88. The fraction of sp³-hybridized carbons (Fsp3) is 0.417. The first-order chi connectivity index (χ1) is 6.59. The van der Waals surface area contributed by atoms with Gasteiger partial charge < -0.3 is 4.74 Å². The van der Waals surface area contributed by atoms with Gasteiger partial charge in [-0.25, -0.2) is 0 Å². The second kappa shape index (κ2) is 4.80. The maximum absolute atomic E-state index is 10.7. The first kappa shape index (κ1) is 10.8. The van der Waals surface area contributed by atoms with Crippen LogP contribution in [0.1, 0.15) is 26.3 Å². The predicted molar refractivity (Wildman–Crippen MR) is 56.3 cm³/mol. The van der Waals surface area contributed by atoms with Gasteiger partial charge >= 0.3 is 5.97 Å². The van der Waals surface area contributed by atoms with Crippen molar-refractivity contribution >= 4 is 5.97 Å². The molecule has 1 aliphatic rings. The summed E-state index contributed by atoms with van der Waals surface area (Å²) in [5.41, 5.74) is 0.993. The fourth-order valence-electron chi connectivity index (χ4n) is 1.06. The summed E-state index contributed by atoms with van der Waals surface area (Å²) >= 11 is 0. The minimum atomic E-state index is -0.152. The van der Waals surface area contributed by atoms with E-state index in [2.05, 4.69) is 20.8 Å². The van der Waals surface area contributed by atoms with E-state index in [1.807, 2.05) is 18.2 Å². The molecule has 0 saturated heterocycles. The molecule has 0 radical (unpaired) electrons. The highest BCUT2D eigenvalue weighted by Crippen LogP contribution is 2.24. The number of hydrogen-bond acceptors (Lipinski definition) is 2. The molecule has 1 aliphatic heterocycles. The second-order valence-corrected chi connectivity index (χ2v) is 3.99. The third kappa shape index (κ3) is 3.21. The summed E-state index contributed by atoms with van der Waals surface area (Å²) in [4.78, 5) is 10.7. The monoisotopic (exact) mass is 192 g/mol. The number of carbonyl (C=O) groups is 1. The molecule has 0 unspecified atom stereocenters. The summed E-state index contributed by atoms with van der Waals surface area (Å²) in [5.74, 6) is 1.40. The molecule has 2 nitrogen and oxygen atoms in total. The smallest absolute Gasteiger partial charge is 0.315 e. The topological polar surface area (TPSA) is 26.3 Å². The Morgan fingerprint density at radius 1 is 1.21 bits per heavy atom. The minimum absolute atomic E-state index is 0.152. The van der Waals surface area contributed by atoms with Crippen LogP contribution in [0.3, 0.4) is 0 Å². The number of fused-ring (bicyclic) bond motifs is 1. The van der Waals surface area contributed by atoms with Crippen LogP contribution in [-0.2, 0) is 11.2 Å². The van der Waals surface area contributed by atoms with Crippen molar-refractivity contribution in [2.45, 2.75) is 27.2 Å². The van der Waals surface area contributed by atoms with Crippen LogP contribution < -0.4 is 4.74 Å². The number of carbonyl (C=O) groups excluding carboxylic acids is 1. The van der Waals surface area contributed by atoms with Crippen molar-refractivity contribution in [1.29, 1.82) is 0 Å². The van der Waals surface area contributed by atoms with Crippen LogP contribution in [0.4, 0.5) is 0 Å². The Morgan fingerprint density at radius 3 is 2.36 bits per heavy atom. The van der Waals surface area contributed by atoms with E-state index in [-0.39, 0.29) is 5.97 Å². The molecule has 0 atom stereocenters. The maximum Gasteiger partial charge on any atom is 0.315 e. The molecule has 0 spiro atoms. The van der Waals surface area contributed by atoms with E-state index in [0.29, 0.717) is 12.2 Å². The van der Waals surface area contributed by atoms with Crippen LogP contribution in [0.2, 0.25) is 0 Å². The van der Waals surface area contributed by atoms with E-state index in [1.165, 1.54) is 0 Å². The van der Waals surface area contributed by atoms with Gasteiger partial charge in [0.1, 0.15) is 5.75 Å². The molecule has 76 valence electrons. The maximum atomic E-state index is 10.7. The van der Waals surface area contributed by atoms with Crippen LogP contribution >= 0.6 is 0 Å². The summed E-state index contributed by atoms with van der Waals surface area (Å²) in [6.45, 7) is 6.50. The van der Waals surface area contributed by atoms with Crippen molar-refractivity contribution in [3.8, 4) is 5.75 Å². The number of ether oxygens (including phenoxy) is 1. The largest absolute Gasteiger partial charge is 0.426 e. The summed E-state index contributed by atoms with van der Waals surface area (Å²) in [5, 5.41) is 0. The molecule has 0 N–H and O–H groups in total. The highest BCUT2D eigenvalue weighted by Gasteiger charge is 2.18. The summed E-state index contributed by atoms with van der Waals surface area (Å²) < 4.78 is 4.87. The zero-order chi connectivity index (χ0) is 10.6. The Bertz CT molecular complexity index is 286. The van der Waals surface area contributed by atoms with Gasteiger partial charge in [0.05, 0.1) is 6.42 Å². The van der Waals surface area contributed by atoms with Crippen LogP contribution in [0.25, 0.3) is 0 Å². The summed E-state index contributed by atoms with van der Waals surface area (Å²) in [7, 11) is 0. The molecule has 0 aliphatic carbocycles. The molecular weight excluding hydrogens is 176 g/mol. The normalized spacial score (nSPS) is 13.0. The number of esters is 1. The SMILES string of the molecule is CC(C)C.O=C1Cc2ccccc2O1. The Labute approximate surface area is 84.9 Å². The fourth-order valence-corrected chi connectivity index (χ4v) is 1.06. The third-order valence-corrected chi connectivity index (χ3v) is 1.53. The van der Waals surface area contributed by atoms with Crippen molar-refractivity contribution in [3.63, 3.8) is 0 Å². The zero-order valence-electron chi connectivity index (χ0n) is 8.91. The molecule has 2 rings (SSSR count). The first-order valence-corrected chi connectivity index (χ1v) is 4.88. The zero-order valence-corrected chi connectivity index (χ0v) is 8.91. The molecule has 0 saturated carbocycles. The van der Waals surface area contributed by atoms with Gasteiger partial charge in [-0.15, -0.1) is 0 Å². The predicted octanol–water partition coefficient (Wildman–Crippen LogP) is 2.81. The molecule has 0 bridgehead atoms. The highest BCUT2D eigenvalue weighted by atomic mass is 16.5. The summed E-state index contributed by atoms with van der Waals surface area (Å²) in [6, 6.07) is 7.47. The van der Waals surface area contributed by atoms with Crippen molar-refractivity contribution in [2.75, 3.05) is 0 Å². The van der Waals surface area contributed by atoms with Crippen LogP contribution in [-0.4, -0.2) is 5.97 Å². The lowest BCUT2D eigenvalue weighted by atomic mass is 10.2. The Kier molecular flexibility index (Phi) is 3.69. The Hall–Kier alpha value is -1.31. The standard InChI is InChI=1S/C8H6O2.C4H10/c9-8-5-6-3-1-2-4-7(6)10-8;1-4(2)3/h1-4H,5H2;4H,1-3H3. The number of benzene rings is 1. The van der Waals surface area contributed by atoms with Gasteiger partial charge in [-0.3, -0.25) is 4.79 Å². The molecule has 0 fully saturated rings. The van der Waals surface area contributed by atoms with Crippen molar-refractivity contribution in [1.82, 2.24) is 0 Å². The van der Waals surface area contributed by atoms with E-state index in [1.54, 1.807) is 6.07 Å². The van der Waals surface area contributed by atoms with Gasteiger partial charge in [0.15, 0.2) is 0 Å². The van der Waals surface area contributed by atoms with Gasteiger partial charge in [-0.05, 0) is 12.0 Å². The van der Waals surface area contributed by atoms with Gasteiger partial charge in [-0.2, -0.15) is 0 Å². The summed E-state index contributed by atoms with van der Waals surface area (Å²) in [6.07, 6.45) is 0.427. The molecule has 1 aromatic carbocycles. The molecule has 1 aromatic rings. The average molecular weight is 192 g/mol. The molecular formula is C12H16O2. The Morgan fingerprint density at radius 2 is 1.79 bits per heavy atom. The molecule has 1 heterocycles. The Balaban J connectivity index is 0.000000213. The highest BCUT2D eigenvalue weighted by molar-refractivity contribution is 5.80. The van der Waals surface area contributed by atoms with E-state index in [9.17, 15) is 4.79 Å². The average Bonchev–Trinajstić information content (AvgIpc) is 2.42. The number of hydrogen-bond donors (Lipinski definition) is 0. The van der Waals surface area contributed by atoms with Crippen LogP contribution in [0.5, 0.6) is 5.75 Å². The van der Waals surface area contributed by atoms with Crippen LogP contribution in [0, 0.1) is 5.92 Å². The van der Waals surface area contributed by atoms with Gasteiger partial charge in [0.2, 0.25) is 0 Å². The van der Waals surface area contributed by atoms with Crippen molar-refractivity contribution in [3.05, 3.63) is 29.8 Å². The van der Waals surface area contributed by atoms with Crippen molar-refractivity contribution < 1.29 is 9.53 Å². The van der Waals surface area contributed by atoms with Crippen LogP contribution in [0.15, 0.2) is 24.3 Å².